The summed E-state index contributed by atoms with van der Waals surface area (Å²) in [5.41, 5.74) is 2.92. The van der Waals surface area contributed by atoms with Crippen LogP contribution in [0.3, 0.4) is 0 Å². The second kappa shape index (κ2) is 5.70. The summed E-state index contributed by atoms with van der Waals surface area (Å²) < 4.78 is 5.64. The van der Waals surface area contributed by atoms with Gasteiger partial charge in [0.1, 0.15) is 6.23 Å². The maximum absolute atomic E-state index is 9.32. The summed E-state index contributed by atoms with van der Waals surface area (Å²) in [5, 5.41) is 12.6. The number of ether oxygens (including phenoxy) is 1. The summed E-state index contributed by atoms with van der Waals surface area (Å²) in [5.74, 6) is 0.133. The maximum atomic E-state index is 9.32. The van der Waals surface area contributed by atoms with Crippen LogP contribution in [0.2, 0.25) is 0 Å². The molecule has 18 heavy (non-hydrogen) atoms. The maximum Gasteiger partial charge on any atom is 0.128 e. The minimum atomic E-state index is -0.00249. The van der Waals surface area contributed by atoms with Crippen molar-refractivity contribution in [3.05, 3.63) is 47.2 Å². The predicted octanol–water partition coefficient (Wildman–Crippen LogP) is 2.92. The zero-order valence-electron chi connectivity index (χ0n) is 10.8. The van der Waals surface area contributed by atoms with E-state index in [1.165, 1.54) is 5.56 Å². The minimum absolute atomic E-state index is 0.00249. The van der Waals surface area contributed by atoms with E-state index in [9.17, 15) is 5.26 Å². The number of nitrogens with zero attached hydrogens (tertiary/aromatic N) is 1. The summed E-state index contributed by atoms with van der Waals surface area (Å²) in [7, 11) is 0. The smallest absolute Gasteiger partial charge is 0.128 e. The first-order valence-corrected chi connectivity index (χ1v) is 6.30. The summed E-state index contributed by atoms with van der Waals surface area (Å²) in [4.78, 5) is 0. The fourth-order valence-corrected chi connectivity index (χ4v) is 2.43. The highest BCUT2D eigenvalue weighted by molar-refractivity contribution is 5.40. The van der Waals surface area contributed by atoms with Crippen molar-refractivity contribution in [1.82, 2.24) is 5.32 Å². The molecule has 0 amide bonds. The minimum Gasteiger partial charge on any atom is -0.363 e. The van der Waals surface area contributed by atoms with Gasteiger partial charge in [0, 0.05) is 24.6 Å². The van der Waals surface area contributed by atoms with E-state index >= 15 is 0 Å². The highest BCUT2D eigenvalue weighted by Crippen LogP contribution is 2.33. The van der Waals surface area contributed by atoms with Crippen LogP contribution in [-0.4, -0.2) is 12.8 Å². The first-order valence-electron chi connectivity index (χ1n) is 6.30. The van der Waals surface area contributed by atoms with Crippen LogP contribution in [0.5, 0.6) is 0 Å². The lowest BCUT2D eigenvalue weighted by Crippen LogP contribution is -2.37. The lowest BCUT2D eigenvalue weighted by molar-refractivity contribution is 0.0319. The molecule has 3 nitrogen and oxygen atoms in total. The molecular formula is C15H18N2O. The molecule has 1 heterocycles. The Hall–Kier alpha value is -1.79. The van der Waals surface area contributed by atoms with Crippen molar-refractivity contribution in [1.29, 1.82) is 5.26 Å². The second-order valence-corrected chi connectivity index (χ2v) is 4.44. The van der Waals surface area contributed by atoms with Gasteiger partial charge in [0.05, 0.1) is 11.6 Å². The molecule has 0 saturated carbocycles. The average Bonchev–Trinajstić information content (AvgIpc) is 2.39. The van der Waals surface area contributed by atoms with Crippen molar-refractivity contribution in [3.63, 3.8) is 0 Å². The number of allylic oxidation sites excluding steroid dienone is 2. The number of benzene rings is 1. The molecule has 1 N–H and O–H groups in total. The Labute approximate surface area is 108 Å². The van der Waals surface area contributed by atoms with Crippen LogP contribution in [0.15, 0.2) is 41.6 Å². The third-order valence-electron chi connectivity index (χ3n) is 3.27. The van der Waals surface area contributed by atoms with Crippen molar-refractivity contribution in [2.45, 2.75) is 32.4 Å². The predicted molar refractivity (Wildman–Crippen MR) is 70.7 cm³/mol. The van der Waals surface area contributed by atoms with Gasteiger partial charge in [-0.1, -0.05) is 30.3 Å². The van der Waals surface area contributed by atoms with Gasteiger partial charge in [0.15, 0.2) is 0 Å². The van der Waals surface area contributed by atoms with Gasteiger partial charge in [0.25, 0.3) is 0 Å². The molecule has 1 aliphatic heterocycles. The van der Waals surface area contributed by atoms with E-state index in [4.69, 9.17) is 4.74 Å². The molecule has 0 aliphatic carbocycles. The molecule has 94 valence electrons. The van der Waals surface area contributed by atoms with Gasteiger partial charge in [0.2, 0.25) is 0 Å². The van der Waals surface area contributed by atoms with Crippen LogP contribution in [0.25, 0.3) is 0 Å². The Morgan fingerprint density at radius 1 is 1.39 bits per heavy atom. The fourth-order valence-electron chi connectivity index (χ4n) is 2.43. The molecule has 1 aromatic carbocycles. The molecular weight excluding hydrogens is 224 g/mol. The SMILES string of the molecule is CCO[C@@H]1C[C@@H](c2ccccc2)C(C#N)=C(C)N1. The van der Waals surface area contributed by atoms with Crippen LogP contribution in [0.1, 0.15) is 31.7 Å². The number of nitrogens with one attached hydrogen (secondary N) is 1. The standard InChI is InChI=1S/C15H18N2O/c1-3-18-15-9-13(12-7-5-4-6-8-12)14(10-16)11(2)17-15/h4-8,13,15,17H,3,9H2,1-2H3/t13-,15+/m0/s1. The van der Waals surface area contributed by atoms with Crippen molar-refractivity contribution >= 4 is 0 Å². The average molecular weight is 242 g/mol. The van der Waals surface area contributed by atoms with Crippen LogP contribution in [0.4, 0.5) is 0 Å². The molecule has 0 bridgehead atoms. The van der Waals surface area contributed by atoms with Gasteiger partial charge in [-0.3, -0.25) is 0 Å². The quantitative estimate of drug-likeness (QED) is 0.886. The molecule has 1 aliphatic rings. The van der Waals surface area contributed by atoms with Crippen LogP contribution >= 0.6 is 0 Å². The second-order valence-electron chi connectivity index (χ2n) is 4.44. The zero-order valence-corrected chi connectivity index (χ0v) is 10.8. The van der Waals surface area contributed by atoms with E-state index in [2.05, 4.69) is 23.5 Å². The number of nitriles is 1. The normalized spacial score (nSPS) is 23.4. The Balaban J connectivity index is 2.32. The molecule has 0 fully saturated rings. The van der Waals surface area contributed by atoms with E-state index in [-0.39, 0.29) is 12.1 Å². The molecule has 0 radical (unpaired) electrons. The van der Waals surface area contributed by atoms with Gasteiger partial charge >= 0.3 is 0 Å². The Morgan fingerprint density at radius 2 is 2.11 bits per heavy atom. The zero-order chi connectivity index (χ0) is 13.0. The van der Waals surface area contributed by atoms with E-state index in [0.717, 1.165) is 17.7 Å². The lowest BCUT2D eigenvalue weighted by atomic mass is 9.85. The van der Waals surface area contributed by atoms with Crippen molar-refractivity contribution in [2.24, 2.45) is 0 Å². The monoisotopic (exact) mass is 242 g/mol. The van der Waals surface area contributed by atoms with Gasteiger partial charge in [-0.25, -0.2) is 0 Å². The first kappa shape index (κ1) is 12.7. The van der Waals surface area contributed by atoms with E-state index < -0.39 is 0 Å². The number of hydrogen-bond acceptors (Lipinski definition) is 3. The van der Waals surface area contributed by atoms with Crippen molar-refractivity contribution in [2.75, 3.05) is 6.61 Å². The molecule has 2 rings (SSSR count). The van der Waals surface area contributed by atoms with Gasteiger partial charge in [-0.05, 0) is 19.4 Å². The summed E-state index contributed by atoms with van der Waals surface area (Å²) in [6, 6.07) is 12.5. The van der Waals surface area contributed by atoms with Gasteiger partial charge in [-0.2, -0.15) is 5.26 Å². The molecule has 1 aromatic rings. The summed E-state index contributed by atoms with van der Waals surface area (Å²) in [6.45, 7) is 4.60. The summed E-state index contributed by atoms with van der Waals surface area (Å²) >= 11 is 0. The first-order chi connectivity index (χ1) is 8.76. The number of hydrogen-bond donors (Lipinski definition) is 1. The van der Waals surface area contributed by atoms with Crippen LogP contribution in [0, 0.1) is 11.3 Å². The van der Waals surface area contributed by atoms with E-state index in [1.807, 2.05) is 32.0 Å². The topological polar surface area (TPSA) is 45.0 Å². The summed E-state index contributed by atoms with van der Waals surface area (Å²) in [6.07, 6.45) is 0.801. The Bertz CT molecular complexity index is 473. The fraction of sp³-hybridized carbons (Fsp3) is 0.400. The molecule has 0 unspecified atom stereocenters. The molecule has 0 spiro atoms. The van der Waals surface area contributed by atoms with Gasteiger partial charge < -0.3 is 10.1 Å². The van der Waals surface area contributed by atoms with Crippen LogP contribution < -0.4 is 5.32 Å². The molecule has 0 saturated heterocycles. The third kappa shape index (κ3) is 2.55. The Kier molecular flexibility index (Phi) is 4.01. The highest BCUT2D eigenvalue weighted by Gasteiger charge is 2.28. The Morgan fingerprint density at radius 3 is 2.72 bits per heavy atom. The van der Waals surface area contributed by atoms with E-state index in [0.29, 0.717) is 6.61 Å². The van der Waals surface area contributed by atoms with Crippen molar-refractivity contribution < 1.29 is 4.74 Å². The molecule has 3 heteroatoms. The van der Waals surface area contributed by atoms with Crippen molar-refractivity contribution in [3.8, 4) is 6.07 Å². The van der Waals surface area contributed by atoms with Gasteiger partial charge in [-0.15, -0.1) is 0 Å². The number of rotatable bonds is 3. The van der Waals surface area contributed by atoms with E-state index in [1.54, 1.807) is 0 Å². The largest absolute Gasteiger partial charge is 0.363 e. The highest BCUT2D eigenvalue weighted by atomic mass is 16.5. The molecule has 2 atom stereocenters. The lowest BCUT2D eigenvalue weighted by Gasteiger charge is -2.31. The van der Waals surface area contributed by atoms with Crippen LogP contribution in [-0.2, 0) is 4.74 Å². The third-order valence-corrected chi connectivity index (χ3v) is 3.27. The molecule has 0 aromatic heterocycles.